The van der Waals surface area contributed by atoms with Crippen molar-refractivity contribution in [2.45, 2.75) is 51.2 Å². The number of nitrogens with one attached hydrogen (secondary N) is 1. The van der Waals surface area contributed by atoms with E-state index in [0.29, 0.717) is 32.5 Å². The number of rotatable bonds is 8. The molecule has 6 nitrogen and oxygen atoms in total. The smallest absolute Gasteiger partial charge is 0.317 e. The van der Waals surface area contributed by atoms with E-state index in [9.17, 15) is 9.59 Å². The maximum absolute atomic E-state index is 12.6. The zero-order chi connectivity index (χ0) is 18.1. The number of carbonyl (C=O) groups is 2. The normalized spacial score (nSPS) is 18.6. The Balaban J connectivity index is 1.94. The van der Waals surface area contributed by atoms with Gasteiger partial charge in [-0.25, -0.2) is 4.79 Å². The van der Waals surface area contributed by atoms with Crippen LogP contribution in [-0.2, 0) is 16.0 Å². The van der Waals surface area contributed by atoms with Crippen LogP contribution in [0, 0.1) is 0 Å². The number of amides is 2. The lowest BCUT2D eigenvalue weighted by Crippen LogP contribution is -2.52. The number of hydrogen-bond acceptors (Lipinski definition) is 3. The zero-order valence-corrected chi connectivity index (χ0v) is 14.8. The van der Waals surface area contributed by atoms with Crippen LogP contribution in [0.15, 0.2) is 30.3 Å². The number of nitrogens with zero attached hydrogens (tertiary/aromatic N) is 1. The predicted octanol–water partition coefficient (Wildman–Crippen LogP) is 2.67. The van der Waals surface area contributed by atoms with Gasteiger partial charge >= 0.3 is 12.0 Å². The van der Waals surface area contributed by atoms with Crippen molar-refractivity contribution in [3.05, 3.63) is 35.9 Å². The van der Waals surface area contributed by atoms with E-state index >= 15 is 0 Å². The topological polar surface area (TPSA) is 78.9 Å². The highest BCUT2D eigenvalue weighted by molar-refractivity contribution is 5.75. The molecule has 0 aromatic heterocycles. The molecule has 1 aromatic carbocycles. The molecule has 25 heavy (non-hydrogen) atoms. The van der Waals surface area contributed by atoms with Crippen molar-refractivity contribution in [3.8, 4) is 0 Å². The molecule has 6 heteroatoms. The number of morpholine rings is 1. The second-order valence-electron chi connectivity index (χ2n) is 6.50. The second kappa shape index (κ2) is 10.0. The van der Waals surface area contributed by atoms with Crippen LogP contribution < -0.4 is 5.32 Å². The summed E-state index contributed by atoms with van der Waals surface area (Å²) in [6, 6.07) is 9.49. The fourth-order valence-corrected chi connectivity index (χ4v) is 3.09. The fraction of sp³-hybridized carbons (Fsp3) is 0.579. The minimum absolute atomic E-state index is 0.0410. The van der Waals surface area contributed by atoms with E-state index in [1.807, 2.05) is 30.3 Å². The van der Waals surface area contributed by atoms with Gasteiger partial charge in [-0.1, -0.05) is 43.7 Å². The fourth-order valence-electron chi connectivity index (χ4n) is 3.09. The summed E-state index contributed by atoms with van der Waals surface area (Å²) in [7, 11) is 0. The first kappa shape index (κ1) is 19.2. The molecule has 0 spiro atoms. The molecule has 0 bridgehead atoms. The molecule has 1 saturated heterocycles. The van der Waals surface area contributed by atoms with E-state index in [4.69, 9.17) is 9.84 Å². The molecule has 138 valence electrons. The average molecular weight is 348 g/mol. The summed E-state index contributed by atoms with van der Waals surface area (Å²) in [5.74, 6) is -0.846. The average Bonchev–Trinajstić information content (AvgIpc) is 2.61. The zero-order valence-electron chi connectivity index (χ0n) is 14.8. The van der Waals surface area contributed by atoms with E-state index < -0.39 is 5.97 Å². The highest BCUT2D eigenvalue weighted by Gasteiger charge is 2.25. The van der Waals surface area contributed by atoms with Gasteiger partial charge < -0.3 is 20.1 Å². The number of ether oxygens (including phenoxy) is 1. The van der Waals surface area contributed by atoms with Crippen molar-refractivity contribution in [2.24, 2.45) is 0 Å². The third-order valence-corrected chi connectivity index (χ3v) is 4.40. The van der Waals surface area contributed by atoms with Crippen LogP contribution in [-0.4, -0.2) is 53.8 Å². The molecular weight excluding hydrogens is 320 g/mol. The number of benzene rings is 1. The quantitative estimate of drug-likeness (QED) is 0.757. The van der Waals surface area contributed by atoms with Crippen LogP contribution in [0.2, 0.25) is 0 Å². The summed E-state index contributed by atoms with van der Waals surface area (Å²) in [6.07, 6.45) is 3.14. The molecule has 2 rings (SSSR count). The summed E-state index contributed by atoms with van der Waals surface area (Å²) in [5, 5.41) is 12.0. The van der Waals surface area contributed by atoms with E-state index in [-0.39, 0.29) is 24.6 Å². The first-order valence-corrected chi connectivity index (χ1v) is 9.01. The van der Waals surface area contributed by atoms with Crippen molar-refractivity contribution in [1.29, 1.82) is 0 Å². The van der Waals surface area contributed by atoms with E-state index in [1.54, 1.807) is 4.90 Å². The van der Waals surface area contributed by atoms with Gasteiger partial charge in [0, 0.05) is 25.6 Å². The maximum Gasteiger partial charge on any atom is 0.317 e. The molecule has 0 saturated carbocycles. The van der Waals surface area contributed by atoms with Gasteiger partial charge in [-0.3, -0.25) is 4.79 Å². The van der Waals surface area contributed by atoms with Crippen LogP contribution in [0.25, 0.3) is 0 Å². The van der Waals surface area contributed by atoms with E-state index in [0.717, 1.165) is 18.4 Å². The lowest BCUT2D eigenvalue weighted by Gasteiger charge is -2.34. The lowest BCUT2D eigenvalue weighted by atomic mass is 10.0. The molecule has 2 unspecified atom stereocenters. The molecule has 2 N–H and O–H groups in total. The Bertz CT molecular complexity index is 548. The van der Waals surface area contributed by atoms with Gasteiger partial charge in [-0.2, -0.15) is 0 Å². The minimum atomic E-state index is -0.846. The number of aliphatic carboxylic acids is 1. The van der Waals surface area contributed by atoms with Gasteiger partial charge in [0.05, 0.1) is 12.7 Å². The highest BCUT2D eigenvalue weighted by atomic mass is 16.5. The summed E-state index contributed by atoms with van der Waals surface area (Å²) in [5.41, 5.74) is 1.09. The second-order valence-corrected chi connectivity index (χ2v) is 6.50. The third-order valence-electron chi connectivity index (χ3n) is 4.40. The maximum atomic E-state index is 12.6. The molecule has 2 amide bonds. The standard InChI is InChI=1S/C19H28N2O4/c1-2-6-17-14-21(11-12-25-17)19(24)20-16(9-10-18(22)23)13-15-7-4-3-5-8-15/h3-5,7-8,16-17H,2,6,9-14H2,1H3,(H,20,24)(H,22,23). The van der Waals surface area contributed by atoms with Crippen LogP contribution in [0.4, 0.5) is 4.79 Å². The molecule has 1 fully saturated rings. The predicted molar refractivity (Wildman–Crippen MR) is 95.6 cm³/mol. The first-order valence-electron chi connectivity index (χ1n) is 9.01. The van der Waals surface area contributed by atoms with Gasteiger partial charge in [0.2, 0.25) is 0 Å². The van der Waals surface area contributed by atoms with E-state index in [2.05, 4.69) is 12.2 Å². The Morgan fingerprint density at radius 3 is 2.80 bits per heavy atom. The van der Waals surface area contributed by atoms with Crippen LogP contribution in [0.5, 0.6) is 0 Å². The van der Waals surface area contributed by atoms with Gasteiger partial charge in [-0.15, -0.1) is 0 Å². The van der Waals surface area contributed by atoms with Crippen molar-refractivity contribution in [2.75, 3.05) is 19.7 Å². The summed E-state index contributed by atoms with van der Waals surface area (Å²) >= 11 is 0. The summed E-state index contributed by atoms with van der Waals surface area (Å²) in [4.78, 5) is 25.3. The van der Waals surface area contributed by atoms with E-state index in [1.165, 1.54) is 0 Å². The van der Waals surface area contributed by atoms with Crippen molar-refractivity contribution in [3.63, 3.8) is 0 Å². The molecule has 2 atom stereocenters. The molecule has 1 heterocycles. The van der Waals surface area contributed by atoms with Gasteiger partial charge in [0.15, 0.2) is 0 Å². The molecule has 1 aromatic rings. The first-order chi connectivity index (χ1) is 12.1. The Morgan fingerprint density at radius 2 is 2.12 bits per heavy atom. The largest absolute Gasteiger partial charge is 0.481 e. The number of carboxylic acids is 1. The summed E-state index contributed by atoms with van der Waals surface area (Å²) < 4.78 is 5.68. The molecular formula is C19H28N2O4. The van der Waals surface area contributed by atoms with Crippen molar-refractivity contribution >= 4 is 12.0 Å². The van der Waals surface area contributed by atoms with Gasteiger partial charge in [-0.05, 0) is 24.8 Å². The highest BCUT2D eigenvalue weighted by Crippen LogP contribution is 2.12. The van der Waals surface area contributed by atoms with Gasteiger partial charge in [0.1, 0.15) is 0 Å². The molecule has 1 aliphatic heterocycles. The Morgan fingerprint density at radius 1 is 1.36 bits per heavy atom. The lowest BCUT2D eigenvalue weighted by molar-refractivity contribution is -0.137. The van der Waals surface area contributed by atoms with Gasteiger partial charge in [0.25, 0.3) is 0 Å². The Labute approximate surface area is 149 Å². The number of carbonyl (C=O) groups excluding carboxylic acids is 1. The third kappa shape index (κ3) is 6.74. The monoisotopic (exact) mass is 348 g/mol. The summed E-state index contributed by atoms with van der Waals surface area (Å²) in [6.45, 7) is 3.82. The minimum Gasteiger partial charge on any atom is -0.481 e. The molecule has 1 aliphatic rings. The van der Waals surface area contributed by atoms with Crippen LogP contribution in [0.3, 0.4) is 0 Å². The number of hydrogen-bond donors (Lipinski definition) is 2. The van der Waals surface area contributed by atoms with Crippen molar-refractivity contribution < 1.29 is 19.4 Å². The SMILES string of the molecule is CCCC1CN(C(=O)NC(CCC(=O)O)Cc2ccccc2)CCO1. The van der Waals surface area contributed by atoms with Crippen molar-refractivity contribution in [1.82, 2.24) is 10.2 Å². The van der Waals surface area contributed by atoms with Crippen LogP contribution >= 0.6 is 0 Å². The molecule has 0 radical (unpaired) electrons. The number of urea groups is 1. The Kier molecular flexibility index (Phi) is 7.73. The number of carboxylic acid groups (broad SMARTS) is 1. The van der Waals surface area contributed by atoms with Crippen LogP contribution in [0.1, 0.15) is 38.2 Å². The Hall–Kier alpha value is -2.08. The molecule has 0 aliphatic carbocycles.